The van der Waals surface area contributed by atoms with Gasteiger partial charge in [-0.1, -0.05) is 237 Å². The van der Waals surface area contributed by atoms with Gasteiger partial charge in [0.25, 0.3) is 0 Å². The summed E-state index contributed by atoms with van der Waals surface area (Å²) in [6, 6.07) is 94.2. The van der Waals surface area contributed by atoms with Gasteiger partial charge in [0.2, 0.25) is 0 Å². The summed E-state index contributed by atoms with van der Waals surface area (Å²) >= 11 is 0. The SMILES string of the molecule is c1ccc(-c2ccccc2-c2ccc3c(-c4ccc(-c5cc6ccccc6c6ccccc56)cc4)c4ccccc4c(-c4ccc(-c5cc6ccccc6c6ccccc56)cc4)c3c2)cc1. The summed E-state index contributed by atoms with van der Waals surface area (Å²) in [7, 11) is 0. The van der Waals surface area contributed by atoms with E-state index in [1.54, 1.807) is 0 Å². The second-order valence-corrected chi connectivity index (χ2v) is 17.5. The summed E-state index contributed by atoms with van der Waals surface area (Å²) in [5, 5.41) is 15.1. The van der Waals surface area contributed by atoms with Crippen molar-refractivity contribution in [1.82, 2.24) is 0 Å². The lowest BCUT2D eigenvalue weighted by Gasteiger charge is -2.20. The predicted molar refractivity (Wildman–Crippen MR) is 284 cm³/mol. The Kier molecular flexibility index (Phi) is 8.96. The van der Waals surface area contributed by atoms with E-state index in [0.717, 1.165) is 0 Å². The van der Waals surface area contributed by atoms with Gasteiger partial charge < -0.3 is 0 Å². The Hall–Kier alpha value is -8.58. The van der Waals surface area contributed by atoms with E-state index in [2.05, 4.69) is 255 Å². The fourth-order valence-corrected chi connectivity index (χ4v) is 10.8. The normalized spacial score (nSPS) is 11.6. The van der Waals surface area contributed by atoms with Crippen LogP contribution in [0.1, 0.15) is 0 Å². The zero-order valence-electron chi connectivity index (χ0n) is 36.2. The molecule has 0 saturated carbocycles. The third-order valence-corrected chi connectivity index (χ3v) is 13.9. The molecule has 66 heavy (non-hydrogen) atoms. The molecule has 13 aromatic carbocycles. The number of rotatable bonds is 6. The molecule has 0 nitrogen and oxygen atoms in total. The van der Waals surface area contributed by atoms with Crippen molar-refractivity contribution in [3.63, 3.8) is 0 Å². The van der Waals surface area contributed by atoms with E-state index < -0.39 is 0 Å². The molecule has 0 aliphatic rings. The Morgan fingerprint density at radius 3 is 1.00 bits per heavy atom. The van der Waals surface area contributed by atoms with E-state index >= 15 is 0 Å². The predicted octanol–water partition coefficient (Wildman–Crippen LogP) is 18.6. The third kappa shape index (κ3) is 6.22. The molecule has 13 rings (SSSR count). The molecule has 0 aliphatic heterocycles. The van der Waals surface area contributed by atoms with Crippen molar-refractivity contribution in [2.45, 2.75) is 0 Å². The van der Waals surface area contributed by atoms with Crippen LogP contribution in [0, 0.1) is 0 Å². The summed E-state index contributed by atoms with van der Waals surface area (Å²) in [5.74, 6) is 0. The average Bonchev–Trinajstić information content (AvgIpc) is 3.40. The largest absolute Gasteiger partial charge is 0.0622 e. The van der Waals surface area contributed by atoms with Crippen molar-refractivity contribution >= 4 is 64.6 Å². The second-order valence-electron chi connectivity index (χ2n) is 17.5. The third-order valence-electron chi connectivity index (χ3n) is 13.9. The van der Waals surface area contributed by atoms with Crippen LogP contribution in [-0.4, -0.2) is 0 Å². The van der Waals surface area contributed by atoms with Crippen LogP contribution in [0.2, 0.25) is 0 Å². The first-order valence-electron chi connectivity index (χ1n) is 22.9. The van der Waals surface area contributed by atoms with Crippen LogP contribution < -0.4 is 0 Å². The van der Waals surface area contributed by atoms with Gasteiger partial charge >= 0.3 is 0 Å². The highest BCUT2D eigenvalue weighted by Gasteiger charge is 2.20. The van der Waals surface area contributed by atoms with Crippen molar-refractivity contribution in [2.24, 2.45) is 0 Å². The minimum Gasteiger partial charge on any atom is -0.0622 e. The first-order valence-corrected chi connectivity index (χ1v) is 22.9. The Morgan fingerprint density at radius 1 is 0.152 bits per heavy atom. The zero-order chi connectivity index (χ0) is 43.6. The minimum absolute atomic E-state index is 1.20. The molecule has 0 N–H and O–H groups in total. The van der Waals surface area contributed by atoms with Crippen molar-refractivity contribution in [2.75, 3.05) is 0 Å². The molecule has 0 unspecified atom stereocenters. The van der Waals surface area contributed by atoms with Gasteiger partial charge in [-0.25, -0.2) is 0 Å². The van der Waals surface area contributed by atoms with E-state index in [4.69, 9.17) is 0 Å². The van der Waals surface area contributed by atoms with E-state index in [-0.39, 0.29) is 0 Å². The van der Waals surface area contributed by atoms with Gasteiger partial charge in [0.05, 0.1) is 0 Å². The van der Waals surface area contributed by atoms with Crippen molar-refractivity contribution in [1.29, 1.82) is 0 Å². The lowest BCUT2D eigenvalue weighted by molar-refractivity contribution is 1.59. The van der Waals surface area contributed by atoms with Gasteiger partial charge in [0, 0.05) is 0 Å². The molecule has 0 radical (unpaired) electrons. The van der Waals surface area contributed by atoms with Gasteiger partial charge in [-0.3, -0.25) is 0 Å². The second kappa shape index (κ2) is 15.6. The molecular weight excluding hydrogens is 793 g/mol. The van der Waals surface area contributed by atoms with Crippen LogP contribution in [0.5, 0.6) is 0 Å². The van der Waals surface area contributed by atoms with Crippen LogP contribution in [0.3, 0.4) is 0 Å². The molecule has 0 heterocycles. The molecule has 0 saturated heterocycles. The molecular formula is C66H42. The molecule has 0 fully saturated rings. The first kappa shape index (κ1) is 37.9. The molecule has 0 atom stereocenters. The first-order chi connectivity index (χ1) is 32.7. The van der Waals surface area contributed by atoms with E-state index in [1.807, 2.05) is 0 Å². The quantitative estimate of drug-likeness (QED) is 0.116. The monoisotopic (exact) mass is 834 g/mol. The fourth-order valence-electron chi connectivity index (χ4n) is 10.8. The fraction of sp³-hybridized carbons (Fsp3) is 0. The number of benzene rings is 13. The summed E-state index contributed by atoms with van der Waals surface area (Å²) in [4.78, 5) is 0. The highest BCUT2D eigenvalue weighted by atomic mass is 14.2. The molecule has 0 aromatic heterocycles. The van der Waals surface area contributed by atoms with Crippen LogP contribution in [0.4, 0.5) is 0 Å². The molecule has 0 spiro atoms. The molecule has 0 aliphatic carbocycles. The number of hydrogen-bond donors (Lipinski definition) is 0. The maximum atomic E-state index is 2.45. The molecule has 306 valence electrons. The highest BCUT2D eigenvalue weighted by Crippen LogP contribution is 2.47. The Balaban J connectivity index is 1.02. The van der Waals surface area contributed by atoms with Crippen LogP contribution in [-0.2, 0) is 0 Å². The van der Waals surface area contributed by atoms with E-state index in [9.17, 15) is 0 Å². The lowest BCUT2D eigenvalue weighted by Crippen LogP contribution is -1.93. The summed E-state index contributed by atoms with van der Waals surface area (Å²) in [5.41, 5.74) is 14.7. The molecule has 13 aromatic rings. The standard InChI is InChI=1S/C66H42/c1-2-16-43(17-3-1)51-20-8-9-21-52(51)50-38-39-61-64(42-50)66(47-36-32-45(33-37-47)63-41-49-19-5-7-23-54(49)56-25-11-13-27-58(56)63)60-29-15-14-28-59(60)65(61)46-34-30-44(31-35-46)62-40-48-18-4-6-22-53(48)55-24-10-12-26-57(55)62/h1-42H. The molecule has 0 heteroatoms. The zero-order valence-corrected chi connectivity index (χ0v) is 36.2. The maximum Gasteiger partial charge on any atom is -0.00261 e. The smallest absolute Gasteiger partial charge is 0.00261 e. The van der Waals surface area contributed by atoms with Crippen LogP contribution in [0.15, 0.2) is 255 Å². The van der Waals surface area contributed by atoms with Gasteiger partial charge in [-0.05, 0) is 150 Å². The highest BCUT2D eigenvalue weighted by molar-refractivity contribution is 6.22. The van der Waals surface area contributed by atoms with Gasteiger partial charge in [0.15, 0.2) is 0 Å². The number of hydrogen-bond acceptors (Lipinski definition) is 0. The van der Waals surface area contributed by atoms with Gasteiger partial charge in [0.1, 0.15) is 0 Å². The van der Waals surface area contributed by atoms with Crippen LogP contribution >= 0.6 is 0 Å². The van der Waals surface area contributed by atoms with Crippen molar-refractivity contribution < 1.29 is 0 Å². The van der Waals surface area contributed by atoms with Crippen LogP contribution in [0.25, 0.3) is 131 Å². The average molecular weight is 835 g/mol. The summed E-state index contributed by atoms with van der Waals surface area (Å²) in [6.07, 6.45) is 0. The van der Waals surface area contributed by atoms with Gasteiger partial charge in [-0.2, -0.15) is 0 Å². The van der Waals surface area contributed by atoms with Crippen molar-refractivity contribution in [3.05, 3.63) is 255 Å². The van der Waals surface area contributed by atoms with E-state index in [1.165, 1.54) is 131 Å². The lowest BCUT2D eigenvalue weighted by atomic mass is 9.83. The molecule has 0 amide bonds. The van der Waals surface area contributed by atoms with Crippen molar-refractivity contribution in [3.8, 4) is 66.8 Å². The summed E-state index contributed by atoms with van der Waals surface area (Å²) < 4.78 is 0. The Bertz CT molecular complexity index is 4010. The minimum atomic E-state index is 1.20. The maximum absolute atomic E-state index is 2.45. The van der Waals surface area contributed by atoms with E-state index in [0.29, 0.717) is 0 Å². The Labute approximate surface area is 384 Å². The summed E-state index contributed by atoms with van der Waals surface area (Å²) in [6.45, 7) is 0. The topological polar surface area (TPSA) is 0 Å². The molecule has 0 bridgehead atoms. The van der Waals surface area contributed by atoms with Gasteiger partial charge in [-0.15, -0.1) is 0 Å². The number of fused-ring (bicyclic) bond motifs is 8. The Morgan fingerprint density at radius 2 is 0.485 bits per heavy atom.